The zero-order valence-corrected chi connectivity index (χ0v) is 16.5. The summed E-state index contributed by atoms with van der Waals surface area (Å²) in [6, 6.07) is 9.45. The molecular formula is C18H20ClFN2O4S. The highest BCUT2D eigenvalue weighted by Crippen LogP contribution is 2.25. The van der Waals surface area contributed by atoms with Crippen molar-refractivity contribution in [2.75, 3.05) is 25.0 Å². The van der Waals surface area contributed by atoms with Crippen molar-refractivity contribution < 1.29 is 22.3 Å². The zero-order valence-electron chi connectivity index (χ0n) is 14.9. The molecule has 0 fully saturated rings. The van der Waals surface area contributed by atoms with Gasteiger partial charge >= 0.3 is 0 Å². The van der Waals surface area contributed by atoms with Crippen LogP contribution in [0.3, 0.4) is 0 Å². The molecule has 0 saturated heterocycles. The Morgan fingerprint density at radius 1 is 1.15 bits per heavy atom. The van der Waals surface area contributed by atoms with E-state index in [1.165, 1.54) is 40.7 Å². The Hall–Kier alpha value is -2.16. The number of benzene rings is 2. The Labute approximate surface area is 162 Å². The third kappa shape index (κ3) is 5.41. The molecule has 2 rings (SSSR count). The van der Waals surface area contributed by atoms with Gasteiger partial charge in [-0.25, -0.2) is 12.8 Å². The van der Waals surface area contributed by atoms with Gasteiger partial charge in [0.1, 0.15) is 11.6 Å². The summed E-state index contributed by atoms with van der Waals surface area (Å²) in [6.07, 6.45) is 0. The molecule has 0 unspecified atom stereocenters. The van der Waals surface area contributed by atoms with Crippen LogP contribution in [-0.2, 0) is 14.8 Å². The van der Waals surface area contributed by atoms with Gasteiger partial charge in [0.15, 0.2) is 6.61 Å². The number of nitrogens with zero attached hydrogens (tertiary/aromatic N) is 1. The van der Waals surface area contributed by atoms with E-state index in [4.69, 9.17) is 16.3 Å². The minimum absolute atomic E-state index is 0.0637. The fourth-order valence-electron chi connectivity index (χ4n) is 2.36. The van der Waals surface area contributed by atoms with Crippen molar-refractivity contribution in [3.8, 4) is 5.75 Å². The van der Waals surface area contributed by atoms with Crippen molar-refractivity contribution in [3.05, 3.63) is 53.3 Å². The van der Waals surface area contributed by atoms with E-state index in [9.17, 15) is 17.6 Å². The highest BCUT2D eigenvalue weighted by Gasteiger charge is 2.21. The Morgan fingerprint density at radius 2 is 1.78 bits per heavy atom. The molecule has 0 aliphatic rings. The minimum atomic E-state index is -3.55. The van der Waals surface area contributed by atoms with Crippen molar-refractivity contribution in [3.63, 3.8) is 0 Å². The maximum atomic E-state index is 13.0. The largest absolute Gasteiger partial charge is 0.482 e. The van der Waals surface area contributed by atoms with E-state index >= 15 is 0 Å². The van der Waals surface area contributed by atoms with Gasteiger partial charge in [0.25, 0.3) is 5.91 Å². The average molecular weight is 415 g/mol. The molecule has 9 heteroatoms. The number of anilines is 1. The number of halogens is 2. The van der Waals surface area contributed by atoms with Gasteiger partial charge in [-0.3, -0.25) is 4.79 Å². The van der Waals surface area contributed by atoms with E-state index in [1.54, 1.807) is 13.8 Å². The van der Waals surface area contributed by atoms with E-state index in [0.717, 1.165) is 6.07 Å². The van der Waals surface area contributed by atoms with Gasteiger partial charge in [0, 0.05) is 18.8 Å². The monoisotopic (exact) mass is 414 g/mol. The van der Waals surface area contributed by atoms with Crippen molar-refractivity contribution in [2.24, 2.45) is 0 Å². The maximum Gasteiger partial charge on any atom is 0.262 e. The third-order valence-corrected chi connectivity index (χ3v) is 6.09. The number of ether oxygens (including phenoxy) is 1. The van der Waals surface area contributed by atoms with E-state index in [-0.39, 0.29) is 22.3 Å². The maximum absolute atomic E-state index is 13.0. The number of sulfonamides is 1. The van der Waals surface area contributed by atoms with Gasteiger partial charge in [0.05, 0.1) is 9.92 Å². The lowest BCUT2D eigenvalue weighted by molar-refractivity contribution is -0.118. The summed E-state index contributed by atoms with van der Waals surface area (Å²) in [7, 11) is -3.55. The van der Waals surface area contributed by atoms with Crippen molar-refractivity contribution in [1.82, 2.24) is 4.31 Å². The number of rotatable bonds is 8. The predicted octanol–water partition coefficient (Wildman–Crippen LogP) is 3.53. The first-order valence-electron chi connectivity index (χ1n) is 8.25. The Morgan fingerprint density at radius 3 is 2.33 bits per heavy atom. The molecule has 2 aromatic carbocycles. The van der Waals surface area contributed by atoms with Crippen LogP contribution in [0.2, 0.25) is 5.02 Å². The van der Waals surface area contributed by atoms with Crippen LogP contribution in [-0.4, -0.2) is 38.3 Å². The second kappa shape index (κ2) is 9.16. The molecule has 146 valence electrons. The number of amides is 1. The summed E-state index contributed by atoms with van der Waals surface area (Å²) in [5, 5.41) is 2.65. The fourth-order valence-corrected chi connectivity index (χ4v) is 4.04. The highest BCUT2D eigenvalue weighted by molar-refractivity contribution is 7.89. The van der Waals surface area contributed by atoms with Gasteiger partial charge in [-0.1, -0.05) is 25.4 Å². The smallest absolute Gasteiger partial charge is 0.262 e. The first kappa shape index (κ1) is 21.1. The lowest BCUT2D eigenvalue weighted by atomic mass is 10.3. The molecule has 0 radical (unpaired) electrons. The quantitative estimate of drug-likeness (QED) is 0.717. The molecule has 0 saturated carbocycles. The molecule has 6 nitrogen and oxygen atoms in total. The van der Waals surface area contributed by atoms with Gasteiger partial charge in [-0.15, -0.1) is 0 Å². The van der Waals surface area contributed by atoms with Gasteiger partial charge < -0.3 is 10.1 Å². The number of nitrogens with one attached hydrogen (secondary N) is 1. The van der Waals surface area contributed by atoms with E-state index in [1.807, 2.05) is 0 Å². The fraction of sp³-hybridized carbons (Fsp3) is 0.278. The number of carbonyl (C=O) groups is 1. The molecule has 0 bridgehead atoms. The number of hydrogen-bond acceptors (Lipinski definition) is 4. The zero-order chi connectivity index (χ0) is 20.0. The van der Waals surface area contributed by atoms with Crippen LogP contribution in [0, 0.1) is 5.82 Å². The highest BCUT2D eigenvalue weighted by atomic mass is 35.5. The lowest BCUT2D eigenvalue weighted by Gasteiger charge is -2.18. The number of hydrogen-bond donors (Lipinski definition) is 1. The van der Waals surface area contributed by atoms with E-state index < -0.39 is 21.7 Å². The van der Waals surface area contributed by atoms with E-state index in [2.05, 4.69) is 5.32 Å². The second-order valence-corrected chi connectivity index (χ2v) is 7.87. The van der Waals surface area contributed by atoms with Crippen LogP contribution in [0.4, 0.5) is 10.1 Å². The SMILES string of the molecule is CCN(CC)S(=O)(=O)c1ccc(NC(=O)COc2ccc(F)cc2Cl)cc1. The van der Waals surface area contributed by atoms with Gasteiger partial charge in [-0.2, -0.15) is 4.31 Å². The molecule has 1 N–H and O–H groups in total. The summed E-state index contributed by atoms with van der Waals surface area (Å²) < 4.78 is 44.4. The van der Waals surface area contributed by atoms with Gasteiger partial charge in [-0.05, 0) is 42.5 Å². The Kier molecular flexibility index (Phi) is 7.18. The van der Waals surface area contributed by atoms with Crippen LogP contribution in [0.5, 0.6) is 5.75 Å². The molecule has 0 aromatic heterocycles. The second-order valence-electron chi connectivity index (χ2n) is 5.53. The van der Waals surface area contributed by atoms with Crippen molar-refractivity contribution in [2.45, 2.75) is 18.7 Å². The minimum Gasteiger partial charge on any atom is -0.482 e. The Balaban J connectivity index is 1.98. The molecule has 0 heterocycles. The Bertz CT molecular complexity index is 900. The molecule has 2 aromatic rings. The molecule has 0 atom stereocenters. The van der Waals surface area contributed by atoms with Crippen molar-refractivity contribution in [1.29, 1.82) is 0 Å². The lowest BCUT2D eigenvalue weighted by Crippen LogP contribution is -2.30. The first-order valence-corrected chi connectivity index (χ1v) is 10.1. The molecular weight excluding hydrogens is 395 g/mol. The van der Waals surface area contributed by atoms with Crippen LogP contribution in [0.25, 0.3) is 0 Å². The summed E-state index contributed by atoms with van der Waals surface area (Å²) in [5.74, 6) is -0.778. The topological polar surface area (TPSA) is 75.7 Å². The normalized spacial score (nSPS) is 11.4. The van der Waals surface area contributed by atoms with Crippen LogP contribution in [0.1, 0.15) is 13.8 Å². The molecule has 0 aliphatic heterocycles. The standard InChI is InChI=1S/C18H20ClFN2O4S/c1-3-22(4-2)27(24,25)15-8-6-14(7-9-15)21-18(23)12-26-17-10-5-13(20)11-16(17)19/h5-11H,3-4,12H2,1-2H3,(H,21,23). The third-order valence-electron chi connectivity index (χ3n) is 3.73. The van der Waals surface area contributed by atoms with E-state index in [0.29, 0.717) is 18.8 Å². The van der Waals surface area contributed by atoms with Crippen molar-refractivity contribution >= 4 is 33.2 Å². The first-order chi connectivity index (χ1) is 12.8. The molecule has 0 aliphatic carbocycles. The summed E-state index contributed by atoms with van der Waals surface area (Å²) in [4.78, 5) is 12.1. The van der Waals surface area contributed by atoms with Gasteiger partial charge in [0.2, 0.25) is 10.0 Å². The molecule has 1 amide bonds. The van der Waals surface area contributed by atoms with Crippen LogP contribution >= 0.6 is 11.6 Å². The van der Waals surface area contributed by atoms with Crippen LogP contribution in [0.15, 0.2) is 47.4 Å². The average Bonchev–Trinajstić information content (AvgIpc) is 2.62. The summed E-state index contributed by atoms with van der Waals surface area (Å²) in [5.41, 5.74) is 0.423. The van der Waals surface area contributed by atoms with Crippen LogP contribution < -0.4 is 10.1 Å². The molecule has 27 heavy (non-hydrogen) atoms. The summed E-state index contributed by atoms with van der Waals surface area (Å²) >= 11 is 5.83. The predicted molar refractivity (Wildman–Crippen MR) is 102 cm³/mol. The summed E-state index contributed by atoms with van der Waals surface area (Å²) in [6.45, 7) is 3.96. The number of carbonyl (C=O) groups excluding carboxylic acids is 1. The molecule has 0 spiro atoms.